The van der Waals surface area contributed by atoms with Crippen molar-refractivity contribution in [1.29, 1.82) is 0 Å². The molecule has 2 N–H and O–H groups in total. The minimum atomic E-state index is 0.0205. The highest BCUT2D eigenvalue weighted by molar-refractivity contribution is 6.15. The van der Waals surface area contributed by atoms with Crippen molar-refractivity contribution in [2.75, 3.05) is 9.80 Å². The number of anilines is 4. The average molecular weight is 815 g/mol. The van der Waals surface area contributed by atoms with E-state index in [9.17, 15) is 0 Å². The summed E-state index contributed by atoms with van der Waals surface area (Å²) >= 11 is 0. The molecule has 8 bridgehead atoms. The minimum absolute atomic E-state index is 0.0205. The smallest absolute Gasteiger partial charge is 0.139 e. The van der Waals surface area contributed by atoms with Gasteiger partial charge in [0.2, 0.25) is 0 Å². The molecule has 3 aliphatic heterocycles. The fourth-order valence-electron chi connectivity index (χ4n) is 9.51. The lowest BCUT2D eigenvalue weighted by molar-refractivity contribution is 0.590. The molecule has 0 saturated carbocycles. The Morgan fingerprint density at radius 2 is 0.758 bits per heavy atom. The zero-order valence-electron chi connectivity index (χ0n) is 38.3. The van der Waals surface area contributed by atoms with E-state index in [2.05, 4.69) is 224 Å². The molecule has 4 aromatic carbocycles. The molecule has 2 aromatic heterocycles. The molecular weight excluding hydrogens is 757 g/mol. The Labute approximate surface area is 367 Å². The minimum Gasteiger partial charge on any atom is -0.341 e. The van der Waals surface area contributed by atoms with Crippen molar-refractivity contribution in [2.45, 2.75) is 93.9 Å². The first-order valence-corrected chi connectivity index (χ1v) is 21.8. The first kappa shape index (κ1) is 40.7. The lowest BCUT2D eigenvalue weighted by atomic mass is 9.87. The predicted molar refractivity (Wildman–Crippen MR) is 263 cm³/mol. The number of H-pyrrole nitrogens is 2. The van der Waals surface area contributed by atoms with E-state index in [0.717, 1.165) is 68.6 Å². The van der Waals surface area contributed by atoms with Crippen molar-refractivity contribution >= 4 is 45.8 Å². The maximum absolute atomic E-state index is 5.55. The van der Waals surface area contributed by atoms with Crippen molar-refractivity contribution in [3.8, 4) is 0 Å². The molecule has 6 heteroatoms. The fourth-order valence-corrected chi connectivity index (χ4v) is 9.51. The Kier molecular flexibility index (Phi) is 9.89. The number of rotatable bonds is 4. The van der Waals surface area contributed by atoms with Crippen LogP contribution in [0.5, 0.6) is 0 Å². The van der Waals surface area contributed by atoms with Crippen molar-refractivity contribution in [3.05, 3.63) is 200 Å². The van der Waals surface area contributed by atoms with E-state index in [0.29, 0.717) is 0 Å². The molecule has 0 amide bonds. The van der Waals surface area contributed by atoms with Gasteiger partial charge in [0.15, 0.2) is 0 Å². The number of benzene rings is 4. The van der Waals surface area contributed by atoms with Crippen molar-refractivity contribution < 1.29 is 0 Å². The van der Waals surface area contributed by atoms with Crippen molar-refractivity contribution in [2.24, 2.45) is 9.98 Å². The number of hydrogen-bond acceptors (Lipinski definition) is 4. The summed E-state index contributed by atoms with van der Waals surface area (Å²) in [5.41, 5.74) is 20.2. The molecule has 0 atom stereocenters. The van der Waals surface area contributed by atoms with Crippen molar-refractivity contribution in [3.63, 3.8) is 0 Å². The lowest BCUT2D eigenvalue weighted by Crippen LogP contribution is -2.24. The molecule has 6 nitrogen and oxygen atoms in total. The number of aryl methyl sites for hydroxylation is 6. The SMILES string of the molecule is Cc1cc(C)c(C2=C3C=CC(=N3)N(c3ccc(C(C)(C)C)cc3)c3ccc([nH]3)C(c3c(C)cc(C)cc3C)=C3C=CC(=N3)N(c3ccc(C(C)(C)C)cc3)c3ccc2[nH]3)c(C)c1. The van der Waals surface area contributed by atoms with Gasteiger partial charge >= 0.3 is 0 Å². The summed E-state index contributed by atoms with van der Waals surface area (Å²) in [5, 5.41) is 0. The summed E-state index contributed by atoms with van der Waals surface area (Å²) in [7, 11) is 0. The van der Waals surface area contributed by atoms with E-state index in [4.69, 9.17) is 9.98 Å². The number of allylic oxidation sites excluding steroid dienone is 2. The Hall–Kier alpha value is -6.66. The normalized spacial score (nSPS) is 15.3. The van der Waals surface area contributed by atoms with Crippen LogP contribution in [0.1, 0.15) is 109 Å². The zero-order valence-corrected chi connectivity index (χ0v) is 38.3. The second-order valence-corrected chi connectivity index (χ2v) is 19.5. The van der Waals surface area contributed by atoms with Gasteiger partial charge in [0.1, 0.15) is 23.3 Å². The fraction of sp³-hybridized carbons (Fsp3) is 0.250. The Morgan fingerprint density at radius 3 is 1.08 bits per heavy atom. The van der Waals surface area contributed by atoms with E-state index in [1.54, 1.807) is 0 Å². The van der Waals surface area contributed by atoms with Gasteiger partial charge in [0.25, 0.3) is 0 Å². The van der Waals surface area contributed by atoms with Gasteiger partial charge in [0.05, 0.1) is 11.4 Å². The summed E-state index contributed by atoms with van der Waals surface area (Å²) in [6.45, 7) is 26.7. The molecule has 0 radical (unpaired) electrons. The number of nitrogens with zero attached hydrogens (tertiary/aromatic N) is 4. The molecule has 3 aliphatic rings. The Bertz CT molecular complexity index is 2710. The van der Waals surface area contributed by atoms with E-state index in [1.165, 1.54) is 55.6 Å². The maximum Gasteiger partial charge on any atom is 0.139 e. The molecule has 62 heavy (non-hydrogen) atoms. The van der Waals surface area contributed by atoms with Gasteiger partial charge in [-0.15, -0.1) is 0 Å². The van der Waals surface area contributed by atoms with Gasteiger partial charge in [-0.3, -0.25) is 9.80 Å². The van der Waals surface area contributed by atoms with Crippen LogP contribution in [-0.2, 0) is 10.8 Å². The molecule has 5 heterocycles. The van der Waals surface area contributed by atoms with Crippen LogP contribution in [0.15, 0.2) is 143 Å². The number of aliphatic imine (C=N–C) groups is 2. The third-order valence-corrected chi connectivity index (χ3v) is 12.4. The standard InChI is InChI=1S/C56H58N6/c1-33-29-35(3)51(36(4)30-33)53-43-21-25-47(57-43)61(41-17-13-39(14-18-41)55(7,8)9)49-27-23-45(59-49)54(52-37(5)31-34(2)32-38(52)6)46-24-28-50(60-46)62(48-26-22-44(53)58-48)42-19-15-40(16-20-42)56(10,11)12/h13-32,57,60H,1-12H3. The van der Waals surface area contributed by atoms with Crippen LogP contribution in [0.4, 0.5) is 23.0 Å². The van der Waals surface area contributed by atoms with Gasteiger partial charge in [0, 0.05) is 33.9 Å². The van der Waals surface area contributed by atoms with Crippen LogP contribution in [0.3, 0.4) is 0 Å². The second-order valence-electron chi connectivity index (χ2n) is 19.5. The second kappa shape index (κ2) is 15.1. The highest BCUT2D eigenvalue weighted by atomic mass is 15.3. The van der Waals surface area contributed by atoms with Crippen LogP contribution in [0, 0.1) is 41.5 Å². The van der Waals surface area contributed by atoms with Gasteiger partial charge in [-0.05, 0) is 170 Å². The number of amidine groups is 2. The molecule has 0 unspecified atom stereocenters. The summed E-state index contributed by atoms with van der Waals surface area (Å²) in [5.74, 6) is 3.49. The lowest BCUT2D eigenvalue weighted by Gasteiger charge is -2.25. The number of aromatic nitrogens is 2. The van der Waals surface area contributed by atoms with Crippen LogP contribution >= 0.6 is 0 Å². The maximum atomic E-state index is 5.55. The van der Waals surface area contributed by atoms with Crippen LogP contribution in [0.2, 0.25) is 0 Å². The molecule has 312 valence electrons. The molecule has 0 spiro atoms. The summed E-state index contributed by atoms with van der Waals surface area (Å²) < 4.78 is 0. The summed E-state index contributed by atoms with van der Waals surface area (Å²) in [6.07, 6.45) is 8.65. The summed E-state index contributed by atoms with van der Waals surface area (Å²) in [4.78, 5) is 23.4. The largest absolute Gasteiger partial charge is 0.341 e. The highest BCUT2D eigenvalue weighted by Gasteiger charge is 2.29. The number of aromatic amines is 2. The van der Waals surface area contributed by atoms with E-state index in [-0.39, 0.29) is 10.8 Å². The first-order valence-electron chi connectivity index (χ1n) is 21.8. The Balaban J connectivity index is 1.35. The van der Waals surface area contributed by atoms with Gasteiger partial charge in [-0.2, -0.15) is 0 Å². The van der Waals surface area contributed by atoms with E-state index >= 15 is 0 Å². The predicted octanol–water partition coefficient (Wildman–Crippen LogP) is 14.2. The van der Waals surface area contributed by atoms with Gasteiger partial charge in [-0.1, -0.05) is 101 Å². The van der Waals surface area contributed by atoms with Gasteiger partial charge in [-0.25, -0.2) is 9.98 Å². The topological polar surface area (TPSA) is 62.8 Å². The molecular formula is C56H58N6. The Morgan fingerprint density at radius 1 is 0.419 bits per heavy atom. The van der Waals surface area contributed by atoms with Crippen LogP contribution in [-0.4, -0.2) is 21.6 Å². The number of fused-ring (bicyclic) bond motifs is 6. The monoisotopic (exact) mass is 814 g/mol. The first-order chi connectivity index (χ1) is 29.4. The average Bonchev–Trinajstić information content (AvgIpc) is 4.04. The molecule has 9 rings (SSSR count). The quantitative estimate of drug-likeness (QED) is 0.186. The third kappa shape index (κ3) is 7.31. The molecule has 0 aliphatic carbocycles. The summed E-state index contributed by atoms with van der Waals surface area (Å²) in [6, 6.07) is 35.7. The number of hydrogen-bond donors (Lipinski definition) is 2. The van der Waals surface area contributed by atoms with Gasteiger partial charge < -0.3 is 9.97 Å². The number of nitrogens with one attached hydrogen (secondary N) is 2. The molecule has 0 saturated heterocycles. The van der Waals surface area contributed by atoms with Crippen molar-refractivity contribution in [1.82, 2.24) is 9.97 Å². The third-order valence-electron chi connectivity index (χ3n) is 12.4. The van der Waals surface area contributed by atoms with Crippen LogP contribution < -0.4 is 9.80 Å². The van der Waals surface area contributed by atoms with Crippen LogP contribution in [0.25, 0.3) is 11.1 Å². The van der Waals surface area contributed by atoms with E-state index < -0.39 is 0 Å². The molecule has 0 fully saturated rings. The highest BCUT2D eigenvalue weighted by Crippen LogP contribution is 2.42. The van der Waals surface area contributed by atoms with E-state index in [1.807, 2.05) is 0 Å². The molecule has 6 aromatic rings. The zero-order chi connectivity index (χ0) is 43.8.